The molecule has 0 saturated heterocycles. The summed E-state index contributed by atoms with van der Waals surface area (Å²) < 4.78 is 5.74. The molecule has 1 aromatic carbocycles. The first kappa shape index (κ1) is 17.5. The molecule has 0 saturated carbocycles. The molecule has 0 spiro atoms. The smallest absolute Gasteiger partial charge is 0.261 e. The van der Waals surface area contributed by atoms with E-state index in [1.165, 1.54) is 0 Å². The Morgan fingerprint density at radius 2 is 2.00 bits per heavy atom. The SMILES string of the molecule is CCC(C)(C)NC(=O)C(C)Oc1ccc(C)cc1[C@H](C)O. The normalized spacial score (nSPS) is 14.4. The van der Waals surface area contributed by atoms with Crippen molar-refractivity contribution in [3.8, 4) is 5.75 Å². The highest BCUT2D eigenvalue weighted by atomic mass is 16.5. The number of ether oxygens (including phenoxy) is 1. The van der Waals surface area contributed by atoms with E-state index in [0.717, 1.165) is 12.0 Å². The summed E-state index contributed by atoms with van der Waals surface area (Å²) in [5, 5.41) is 12.8. The zero-order valence-electron chi connectivity index (χ0n) is 13.9. The Kier molecular flexibility index (Phi) is 5.78. The van der Waals surface area contributed by atoms with Crippen molar-refractivity contribution < 1.29 is 14.6 Å². The Hall–Kier alpha value is -1.55. The van der Waals surface area contributed by atoms with Crippen LogP contribution in [-0.4, -0.2) is 22.7 Å². The summed E-state index contributed by atoms with van der Waals surface area (Å²) in [6.07, 6.45) is -0.409. The third kappa shape index (κ3) is 5.05. The van der Waals surface area contributed by atoms with Crippen molar-refractivity contribution in [3.05, 3.63) is 29.3 Å². The minimum atomic E-state index is -0.637. The van der Waals surface area contributed by atoms with E-state index >= 15 is 0 Å². The second-order valence-corrected chi connectivity index (χ2v) is 6.20. The number of hydrogen-bond acceptors (Lipinski definition) is 3. The van der Waals surface area contributed by atoms with Crippen molar-refractivity contribution in [1.82, 2.24) is 5.32 Å². The quantitative estimate of drug-likeness (QED) is 0.847. The predicted molar refractivity (Wildman–Crippen MR) is 84.4 cm³/mol. The average Bonchev–Trinajstić information content (AvgIpc) is 2.40. The molecule has 0 aliphatic rings. The number of carbonyl (C=O) groups is 1. The van der Waals surface area contributed by atoms with E-state index in [0.29, 0.717) is 11.3 Å². The van der Waals surface area contributed by atoms with Gasteiger partial charge in [0, 0.05) is 11.1 Å². The Bertz CT molecular complexity index is 495. The molecule has 0 aliphatic carbocycles. The van der Waals surface area contributed by atoms with Gasteiger partial charge in [0.2, 0.25) is 0 Å². The molecule has 0 aromatic heterocycles. The number of aliphatic hydroxyl groups excluding tert-OH is 1. The minimum Gasteiger partial charge on any atom is -0.481 e. The molecule has 4 nitrogen and oxygen atoms in total. The molecular weight excluding hydrogens is 266 g/mol. The van der Waals surface area contributed by atoms with Gasteiger partial charge in [-0.15, -0.1) is 0 Å². The Labute approximate surface area is 127 Å². The van der Waals surface area contributed by atoms with Crippen LogP contribution in [0.3, 0.4) is 0 Å². The lowest BCUT2D eigenvalue weighted by atomic mass is 10.0. The van der Waals surface area contributed by atoms with Crippen molar-refractivity contribution in [2.45, 2.75) is 65.7 Å². The van der Waals surface area contributed by atoms with Crippen LogP contribution >= 0.6 is 0 Å². The lowest BCUT2D eigenvalue weighted by Gasteiger charge is -2.27. The molecule has 2 atom stereocenters. The third-order valence-electron chi connectivity index (χ3n) is 3.63. The summed E-state index contributed by atoms with van der Waals surface area (Å²) >= 11 is 0. The summed E-state index contributed by atoms with van der Waals surface area (Å²) in [6, 6.07) is 5.58. The van der Waals surface area contributed by atoms with Crippen LogP contribution in [0.4, 0.5) is 0 Å². The molecule has 118 valence electrons. The molecule has 4 heteroatoms. The van der Waals surface area contributed by atoms with Crippen LogP contribution in [0.5, 0.6) is 5.75 Å². The van der Waals surface area contributed by atoms with E-state index in [9.17, 15) is 9.90 Å². The molecule has 0 heterocycles. The van der Waals surface area contributed by atoms with Crippen LogP contribution < -0.4 is 10.1 Å². The van der Waals surface area contributed by atoms with E-state index in [2.05, 4.69) is 5.32 Å². The van der Waals surface area contributed by atoms with Gasteiger partial charge in [-0.25, -0.2) is 0 Å². The van der Waals surface area contributed by atoms with Gasteiger partial charge in [-0.05, 0) is 53.2 Å². The molecule has 1 amide bonds. The highest BCUT2D eigenvalue weighted by Crippen LogP contribution is 2.27. The number of rotatable bonds is 6. The molecule has 1 rings (SSSR count). The van der Waals surface area contributed by atoms with Gasteiger partial charge >= 0.3 is 0 Å². The summed E-state index contributed by atoms with van der Waals surface area (Å²) in [5.41, 5.74) is 1.49. The number of nitrogens with one attached hydrogen (secondary N) is 1. The largest absolute Gasteiger partial charge is 0.481 e. The molecule has 0 radical (unpaired) electrons. The number of benzene rings is 1. The molecular formula is C17H27NO3. The molecule has 0 fully saturated rings. The first-order chi connectivity index (χ1) is 9.66. The Morgan fingerprint density at radius 1 is 1.38 bits per heavy atom. The first-order valence-electron chi connectivity index (χ1n) is 7.43. The van der Waals surface area contributed by atoms with Gasteiger partial charge in [-0.2, -0.15) is 0 Å². The maximum Gasteiger partial charge on any atom is 0.261 e. The Morgan fingerprint density at radius 3 is 2.52 bits per heavy atom. The van der Waals surface area contributed by atoms with E-state index in [4.69, 9.17) is 4.74 Å². The van der Waals surface area contributed by atoms with E-state index in [1.807, 2.05) is 39.8 Å². The molecule has 1 unspecified atom stereocenters. The zero-order valence-corrected chi connectivity index (χ0v) is 13.9. The van der Waals surface area contributed by atoms with Gasteiger partial charge in [0.15, 0.2) is 6.10 Å². The van der Waals surface area contributed by atoms with Crippen LogP contribution in [0.15, 0.2) is 18.2 Å². The fraction of sp³-hybridized carbons (Fsp3) is 0.588. The number of aryl methyl sites for hydroxylation is 1. The van der Waals surface area contributed by atoms with Gasteiger partial charge in [0.05, 0.1) is 6.10 Å². The van der Waals surface area contributed by atoms with Crippen molar-refractivity contribution in [2.24, 2.45) is 0 Å². The molecule has 2 N–H and O–H groups in total. The lowest BCUT2D eigenvalue weighted by molar-refractivity contribution is -0.129. The highest BCUT2D eigenvalue weighted by Gasteiger charge is 2.23. The average molecular weight is 293 g/mol. The van der Waals surface area contributed by atoms with Crippen molar-refractivity contribution in [3.63, 3.8) is 0 Å². The maximum atomic E-state index is 12.2. The summed E-state index contributed by atoms with van der Waals surface area (Å²) in [4.78, 5) is 12.2. The first-order valence-corrected chi connectivity index (χ1v) is 7.43. The zero-order chi connectivity index (χ0) is 16.2. The number of hydrogen-bond donors (Lipinski definition) is 2. The molecule has 1 aromatic rings. The molecule has 0 bridgehead atoms. The fourth-order valence-corrected chi connectivity index (χ4v) is 1.87. The van der Waals surface area contributed by atoms with Gasteiger partial charge < -0.3 is 15.2 Å². The maximum absolute atomic E-state index is 12.2. The second kappa shape index (κ2) is 6.94. The van der Waals surface area contributed by atoms with Crippen molar-refractivity contribution in [1.29, 1.82) is 0 Å². The lowest BCUT2D eigenvalue weighted by Crippen LogP contribution is -2.48. The Balaban J connectivity index is 2.84. The van der Waals surface area contributed by atoms with Crippen LogP contribution in [0, 0.1) is 6.92 Å². The topological polar surface area (TPSA) is 58.6 Å². The molecule has 0 aliphatic heterocycles. The van der Waals surface area contributed by atoms with Gasteiger partial charge in [0.25, 0.3) is 5.91 Å². The van der Waals surface area contributed by atoms with Gasteiger partial charge in [-0.3, -0.25) is 4.79 Å². The van der Waals surface area contributed by atoms with Crippen molar-refractivity contribution >= 4 is 5.91 Å². The predicted octanol–water partition coefficient (Wildman–Crippen LogP) is 3.12. The summed E-state index contributed by atoms with van der Waals surface area (Å²) in [6.45, 7) is 11.3. The van der Waals surface area contributed by atoms with Crippen LogP contribution in [0.1, 0.15) is 58.3 Å². The molecule has 21 heavy (non-hydrogen) atoms. The minimum absolute atomic E-state index is 0.154. The standard InChI is InChI=1S/C17H27NO3/c1-7-17(5,6)18-16(20)13(4)21-15-9-8-11(2)10-14(15)12(3)19/h8-10,12-13,19H,7H2,1-6H3,(H,18,20)/t12-,13?/m0/s1. The van der Waals surface area contributed by atoms with Crippen molar-refractivity contribution in [2.75, 3.05) is 0 Å². The number of aliphatic hydroxyl groups is 1. The van der Waals surface area contributed by atoms with E-state index in [-0.39, 0.29) is 11.4 Å². The summed E-state index contributed by atoms with van der Waals surface area (Å²) in [5.74, 6) is 0.395. The third-order valence-corrected chi connectivity index (χ3v) is 3.63. The van der Waals surface area contributed by atoms with Gasteiger partial charge in [0.1, 0.15) is 5.75 Å². The number of amides is 1. The highest BCUT2D eigenvalue weighted by molar-refractivity contribution is 5.81. The fourth-order valence-electron chi connectivity index (χ4n) is 1.87. The second-order valence-electron chi connectivity index (χ2n) is 6.20. The summed E-state index contributed by atoms with van der Waals surface area (Å²) in [7, 11) is 0. The van der Waals surface area contributed by atoms with E-state index < -0.39 is 12.2 Å². The van der Waals surface area contributed by atoms with E-state index in [1.54, 1.807) is 19.9 Å². The van der Waals surface area contributed by atoms with Crippen LogP contribution in [-0.2, 0) is 4.79 Å². The van der Waals surface area contributed by atoms with Crippen LogP contribution in [0.2, 0.25) is 0 Å². The monoisotopic (exact) mass is 293 g/mol. The number of carbonyl (C=O) groups excluding carboxylic acids is 1. The van der Waals surface area contributed by atoms with Gasteiger partial charge in [-0.1, -0.05) is 18.6 Å². The van der Waals surface area contributed by atoms with Crippen LogP contribution in [0.25, 0.3) is 0 Å².